The van der Waals surface area contributed by atoms with Crippen molar-refractivity contribution < 1.29 is 14.3 Å². The summed E-state index contributed by atoms with van der Waals surface area (Å²) in [7, 11) is 1.36. The first kappa shape index (κ1) is 19.4. The number of thiazole rings is 1. The zero-order valence-corrected chi connectivity index (χ0v) is 16.6. The van der Waals surface area contributed by atoms with Gasteiger partial charge in [0.15, 0.2) is 4.34 Å². The fraction of sp³-hybridized carbons (Fsp3) is 0.250. The summed E-state index contributed by atoms with van der Waals surface area (Å²) in [5.41, 5.74) is 2.78. The molecular weight excluding hydrogens is 380 g/mol. The molecule has 0 fully saturated rings. The minimum Gasteiger partial charge on any atom is -0.469 e. The van der Waals surface area contributed by atoms with Crippen LogP contribution in [0, 0.1) is 0 Å². The molecule has 7 heteroatoms. The number of methoxy groups -OCH3 is 1. The molecule has 0 aliphatic carbocycles. The molecule has 1 aromatic heterocycles. The summed E-state index contributed by atoms with van der Waals surface area (Å²) in [4.78, 5) is 27.8. The SMILES string of the molecule is COC(=O)CCCNC(=O)c1ccc(CSc2nc3ccccc3s2)cc1. The molecule has 0 aliphatic rings. The van der Waals surface area contributed by atoms with Crippen LogP contribution in [0.25, 0.3) is 10.2 Å². The van der Waals surface area contributed by atoms with Gasteiger partial charge in [-0.2, -0.15) is 0 Å². The number of carbonyl (C=O) groups excluding carboxylic acids is 2. The van der Waals surface area contributed by atoms with Gasteiger partial charge in [-0.05, 0) is 36.2 Å². The minimum atomic E-state index is -0.265. The molecule has 1 amide bonds. The van der Waals surface area contributed by atoms with E-state index in [9.17, 15) is 9.59 Å². The summed E-state index contributed by atoms with van der Waals surface area (Å²) in [6.45, 7) is 0.448. The van der Waals surface area contributed by atoms with Crippen molar-refractivity contribution in [3.8, 4) is 0 Å². The van der Waals surface area contributed by atoms with Gasteiger partial charge >= 0.3 is 5.97 Å². The first-order valence-electron chi connectivity index (χ1n) is 8.58. The Bertz CT molecular complexity index is 889. The number of nitrogens with one attached hydrogen (secondary N) is 1. The monoisotopic (exact) mass is 400 g/mol. The Morgan fingerprint density at radius 2 is 1.93 bits per heavy atom. The molecule has 1 heterocycles. The first-order valence-corrected chi connectivity index (χ1v) is 10.4. The van der Waals surface area contributed by atoms with Crippen molar-refractivity contribution in [2.45, 2.75) is 22.9 Å². The molecular formula is C20H20N2O3S2. The van der Waals surface area contributed by atoms with Crippen LogP contribution in [0.3, 0.4) is 0 Å². The number of benzene rings is 2. The molecule has 3 aromatic rings. The maximum Gasteiger partial charge on any atom is 0.305 e. The van der Waals surface area contributed by atoms with Crippen LogP contribution in [-0.2, 0) is 15.3 Å². The van der Waals surface area contributed by atoms with Crippen LogP contribution >= 0.6 is 23.1 Å². The standard InChI is InChI=1S/C20H20N2O3S2/c1-25-18(23)7-4-12-21-19(24)15-10-8-14(9-11-15)13-26-20-22-16-5-2-3-6-17(16)27-20/h2-3,5-6,8-11H,4,7,12-13H2,1H3,(H,21,24). The summed E-state index contributed by atoms with van der Waals surface area (Å²) in [5, 5.41) is 2.81. The lowest BCUT2D eigenvalue weighted by molar-refractivity contribution is -0.140. The van der Waals surface area contributed by atoms with Gasteiger partial charge in [-0.3, -0.25) is 9.59 Å². The van der Waals surface area contributed by atoms with E-state index in [4.69, 9.17) is 0 Å². The number of carbonyl (C=O) groups is 2. The zero-order valence-electron chi connectivity index (χ0n) is 14.9. The Morgan fingerprint density at radius 1 is 1.15 bits per heavy atom. The second-order valence-corrected chi connectivity index (χ2v) is 8.12. The second kappa shape index (κ2) is 9.53. The predicted octanol–water partition coefficient (Wildman–Crippen LogP) is 4.27. The number of fused-ring (bicyclic) bond motifs is 1. The lowest BCUT2D eigenvalue weighted by Gasteiger charge is -2.06. The van der Waals surface area contributed by atoms with Crippen LogP contribution in [0.2, 0.25) is 0 Å². The van der Waals surface area contributed by atoms with Gasteiger partial charge in [-0.1, -0.05) is 36.0 Å². The van der Waals surface area contributed by atoms with Crippen LogP contribution in [0.1, 0.15) is 28.8 Å². The molecule has 27 heavy (non-hydrogen) atoms. The Hall–Kier alpha value is -2.38. The topological polar surface area (TPSA) is 68.3 Å². The Kier molecular flexibility index (Phi) is 6.84. The van der Waals surface area contributed by atoms with E-state index in [1.54, 1.807) is 23.1 Å². The molecule has 0 aliphatic heterocycles. The average molecular weight is 401 g/mol. The van der Waals surface area contributed by atoms with Gasteiger partial charge in [0.25, 0.3) is 5.91 Å². The van der Waals surface area contributed by atoms with Gasteiger partial charge in [0.05, 0.1) is 17.3 Å². The zero-order chi connectivity index (χ0) is 19.1. The Labute approximate surface area is 166 Å². The lowest BCUT2D eigenvalue weighted by atomic mass is 10.1. The third kappa shape index (κ3) is 5.55. The van der Waals surface area contributed by atoms with Crippen molar-refractivity contribution in [2.75, 3.05) is 13.7 Å². The van der Waals surface area contributed by atoms with E-state index in [-0.39, 0.29) is 11.9 Å². The maximum absolute atomic E-state index is 12.1. The number of amides is 1. The number of rotatable bonds is 8. The third-order valence-electron chi connectivity index (χ3n) is 3.92. The van der Waals surface area contributed by atoms with Crippen molar-refractivity contribution in [1.82, 2.24) is 10.3 Å². The second-order valence-electron chi connectivity index (χ2n) is 5.87. The highest BCUT2D eigenvalue weighted by atomic mass is 32.2. The molecule has 0 atom stereocenters. The van der Waals surface area contributed by atoms with Crippen LogP contribution < -0.4 is 5.32 Å². The van der Waals surface area contributed by atoms with Crippen molar-refractivity contribution in [1.29, 1.82) is 0 Å². The Morgan fingerprint density at radius 3 is 2.67 bits per heavy atom. The Balaban J connectivity index is 1.48. The van der Waals surface area contributed by atoms with Crippen LogP contribution in [0.15, 0.2) is 52.9 Å². The lowest BCUT2D eigenvalue weighted by Crippen LogP contribution is -2.24. The van der Waals surface area contributed by atoms with E-state index in [1.807, 2.05) is 42.5 Å². The fourth-order valence-corrected chi connectivity index (χ4v) is 4.47. The fourth-order valence-electron chi connectivity index (χ4n) is 2.45. The maximum atomic E-state index is 12.1. The summed E-state index contributed by atoms with van der Waals surface area (Å²) < 4.78 is 6.81. The van der Waals surface area contributed by atoms with Crippen molar-refractivity contribution >= 4 is 45.2 Å². The van der Waals surface area contributed by atoms with Crippen molar-refractivity contribution in [2.24, 2.45) is 0 Å². The number of aromatic nitrogens is 1. The van der Waals surface area contributed by atoms with Gasteiger partial charge in [-0.25, -0.2) is 4.98 Å². The number of ether oxygens (including phenoxy) is 1. The van der Waals surface area contributed by atoms with E-state index in [0.717, 1.165) is 21.2 Å². The van der Waals surface area contributed by atoms with E-state index < -0.39 is 0 Å². The molecule has 0 spiro atoms. The third-order valence-corrected chi connectivity index (χ3v) is 6.17. The van der Waals surface area contributed by atoms with Gasteiger partial charge in [0, 0.05) is 24.3 Å². The highest BCUT2D eigenvalue weighted by Crippen LogP contribution is 2.31. The highest BCUT2D eigenvalue weighted by molar-refractivity contribution is 8.00. The van der Waals surface area contributed by atoms with Gasteiger partial charge in [0.2, 0.25) is 0 Å². The van der Waals surface area contributed by atoms with Crippen molar-refractivity contribution in [3.63, 3.8) is 0 Å². The first-order chi connectivity index (χ1) is 13.2. The normalized spacial score (nSPS) is 10.7. The number of nitrogens with zero attached hydrogens (tertiary/aromatic N) is 1. The highest BCUT2D eigenvalue weighted by Gasteiger charge is 2.07. The molecule has 2 aromatic carbocycles. The number of para-hydroxylation sites is 1. The summed E-state index contributed by atoms with van der Waals surface area (Å²) >= 11 is 3.39. The minimum absolute atomic E-state index is 0.134. The summed E-state index contributed by atoms with van der Waals surface area (Å²) in [6.07, 6.45) is 0.869. The van der Waals surface area contributed by atoms with Crippen molar-refractivity contribution in [3.05, 3.63) is 59.7 Å². The molecule has 0 unspecified atom stereocenters. The van der Waals surface area contributed by atoms with Crippen LogP contribution in [0.4, 0.5) is 0 Å². The molecule has 0 bridgehead atoms. The smallest absolute Gasteiger partial charge is 0.305 e. The van der Waals surface area contributed by atoms with Crippen LogP contribution in [-0.4, -0.2) is 30.5 Å². The van der Waals surface area contributed by atoms with E-state index in [2.05, 4.69) is 21.1 Å². The quantitative estimate of drug-likeness (QED) is 0.347. The molecule has 0 saturated carbocycles. The summed E-state index contributed by atoms with van der Waals surface area (Å²) in [5.74, 6) is 0.408. The molecule has 1 N–H and O–H groups in total. The predicted molar refractivity (Wildman–Crippen MR) is 109 cm³/mol. The molecule has 5 nitrogen and oxygen atoms in total. The van der Waals surface area contributed by atoms with E-state index >= 15 is 0 Å². The van der Waals surface area contributed by atoms with Crippen LogP contribution in [0.5, 0.6) is 0 Å². The molecule has 0 saturated heterocycles. The summed E-state index contributed by atoms with van der Waals surface area (Å²) in [6, 6.07) is 15.7. The van der Waals surface area contributed by atoms with E-state index in [1.165, 1.54) is 11.8 Å². The largest absolute Gasteiger partial charge is 0.469 e. The van der Waals surface area contributed by atoms with Gasteiger partial charge in [-0.15, -0.1) is 11.3 Å². The molecule has 140 valence electrons. The number of hydrogen-bond acceptors (Lipinski definition) is 6. The molecule has 3 rings (SSSR count). The average Bonchev–Trinajstić information content (AvgIpc) is 3.12. The van der Waals surface area contributed by atoms with Gasteiger partial charge < -0.3 is 10.1 Å². The molecule has 0 radical (unpaired) electrons. The number of esters is 1. The number of thioether (sulfide) groups is 1. The van der Waals surface area contributed by atoms with Gasteiger partial charge in [0.1, 0.15) is 0 Å². The number of hydrogen-bond donors (Lipinski definition) is 1. The van der Waals surface area contributed by atoms with E-state index in [0.29, 0.717) is 24.9 Å².